The van der Waals surface area contributed by atoms with Crippen molar-refractivity contribution in [3.8, 4) is 0 Å². The molecule has 3 nitrogen and oxygen atoms in total. The van der Waals surface area contributed by atoms with E-state index in [0.29, 0.717) is 24.9 Å². The molecule has 2 rings (SSSR count). The molecule has 1 aromatic rings. The van der Waals surface area contributed by atoms with Crippen molar-refractivity contribution in [1.29, 1.82) is 0 Å². The second-order valence-electron chi connectivity index (χ2n) is 4.30. The summed E-state index contributed by atoms with van der Waals surface area (Å²) >= 11 is 0. The van der Waals surface area contributed by atoms with Crippen LogP contribution in [-0.4, -0.2) is 18.5 Å². The molecule has 0 spiro atoms. The van der Waals surface area contributed by atoms with Crippen LogP contribution in [-0.2, 0) is 4.79 Å². The van der Waals surface area contributed by atoms with Gasteiger partial charge in [-0.25, -0.2) is 8.78 Å². The Hall–Kier alpha value is -1.49. The third kappa shape index (κ3) is 2.61. The smallest absolute Gasteiger partial charge is 0.234 e. The quantitative estimate of drug-likeness (QED) is 0.818. The van der Waals surface area contributed by atoms with Gasteiger partial charge < -0.3 is 11.1 Å². The zero-order valence-corrected chi connectivity index (χ0v) is 9.25. The zero-order chi connectivity index (χ0) is 12.4. The van der Waals surface area contributed by atoms with Crippen LogP contribution in [0.5, 0.6) is 0 Å². The second-order valence-corrected chi connectivity index (χ2v) is 4.30. The summed E-state index contributed by atoms with van der Waals surface area (Å²) in [6, 6.07) is 2.94. The van der Waals surface area contributed by atoms with Crippen LogP contribution in [0.15, 0.2) is 18.2 Å². The van der Waals surface area contributed by atoms with Gasteiger partial charge in [0, 0.05) is 0 Å². The summed E-state index contributed by atoms with van der Waals surface area (Å²) in [6.45, 7) is 0.578. The molecule has 0 bridgehead atoms. The number of hydrogen-bond donors (Lipinski definition) is 2. The van der Waals surface area contributed by atoms with Gasteiger partial charge in [0.05, 0.1) is 6.04 Å². The Morgan fingerprint density at radius 3 is 2.88 bits per heavy atom. The number of carbonyl (C=O) groups is 1. The van der Waals surface area contributed by atoms with Gasteiger partial charge in [-0.05, 0) is 49.1 Å². The van der Waals surface area contributed by atoms with Gasteiger partial charge in [0.15, 0.2) is 0 Å². The molecule has 0 aromatic heterocycles. The summed E-state index contributed by atoms with van der Waals surface area (Å²) in [5, 5.41) is 2.96. The molecular weight excluding hydrogens is 226 g/mol. The van der Waals surface area contributed by atoms with Crippen LogP contribution >= 0.6 is 0 Å². The Kier molecular flexibility index (Phi) is 3.38. The van der Waals surface area contributed by atoms with Gasteiger partial charge in [-0.15, -0.1) is 0 Å². The van der Waals surface area contributed by atoms with Crippen LogP contribution in [0.3, 0.4) is 0 Å². The lowest BCUT2D eigenvalue weighted by molar-refractivity contribution is -0.120. The van der Waals surface area contributed by atoms with Crippen LogP contribution in [0.1, 0.15) is 24.3 Å². The predicted molar refractivity (Wildman–Crippen MR) is 59.3 cm³/mol. The summed E-state index contributed by atoms with van der Waals surface area (Å²) < 4.78 is 26.7. The fourth-order valence-electron chi connectivity index (χ4n) is 2.24. The molecule has 1 aromatic carbocycles. The topological polar surface area (TPSA) is 55.1 Å². The highest BCUT2D eigenvalue weighted by Crippen LogP contribution is 2.30. The van der Waals surface area contributed by atoms with Crippen molar-refractivity contribution in [3.63, 3.8) is 0 Å². The van der Waals surface area contributed by atoms with Crippen LogP contribution in [0.25, 0.3) is 0 Å². The van der Waals surface area contributed by atoms with Gasteiger partial charge in [0.25, 0.3) is 0 Å². The van der Waals surface area contributed by atoms with E-state index in [1.807, 2.05) is 0 Å². The van der Waals surface area contributed by atoms with Crippen molar-refractivity contribution in [2.24, 2.45) is 5.73 Å². The molecule has 2 atom stereocenters. The number of amides is 1. The average Bonchev–Trinajstić information content (AvgIpc) is 2.32. The summed E-state index contributed by atoms with van der Waals surface area (Å²) in [5.41, 5.74) is 5.54. The zero-order valence-electron chi connectivity index (χ0n) is 9.25. The average molecular weight is 240 g/mol. The molecule has 1 amide bonds. The SMILES string of the molecule is NC(=O)C1CC(c2cc(F)ccc2F)CCN1. The largest absolute Gasteiger partial charge is 0.368 e. The third-order valence-corrected chi connectivity index (χ3v) is 3.15. The second kappa shape index (κ2) is 4.79. The lowest BCUT2D eigenvalue weighted by Gasteiger charge is -2.28. The summed E-state index contributed by atoms with van der Waals surface area (Å²) in [7, 11) is 0. The number of benzene rings is 1. The van der Waals surface area contributed by atoms with Gasteiger partial charge in [-0.2, -0.15) is 0 Å². The molecule has 92 valence electrons. The number of carbonyl (C=O) groups excluding carboxylic acids is 1. The van der Waals surface area contributed by atoms with Crippen molar-refractivity contribution in [1.82, 2.24) is 5.32 Å². The number of halogens is 2. The first-order valence-corrected chi connectivity index (χ1v) is 5.55. The Morgan fingerprint density at radius 2 is 2.18 bits per heavy atom. The number of nitrogens with two attached hydrogens (primary N) is 1. The Bertz CT molecular complexity index is 437. The van der Waals surface area contributed by atoms with E-state index in [-0.39, 0.29) is 5.92 Å². The molecule has 1 aliphatic heterocycles. The van der Waals surface area contributed by atoms with E-state index in [1.165, 1.54) is 6.07 Å². The minimum absolute atomic E-state index is 0.163. The Labute approximate surface area is 98.0 Å². The maximum atomic E-state index is 13.6. The van der Waals surface area contributed by atoms with Gasteiger partial charge in [-0.3, -0.25) is 4.79 Å². The van der Waals surface area contributed by atoms with E-state index in [9.17, 15) is 13.6 Å². The lowest BCUT2D eigenvalue weighted by atomic mass is 9.86. The van der Waals surface area contributed by atoms with Gasteiger partial charge in [0.1, 0.15) is 11.6 Å². The fraction of sp³-hybridized carbons (Fsp3) is 0.417. The van der Waals surface area contributed by atoms with E-state index in [1.54, 1.807) is 0 Å². The minimum Gasteiger partial charge on any atom is -0.368 e. The van der Waals surface area contributed by atoms with Crippen molar-refractivity contribution in [2.75, 3.05) is 6.54 Å². The van der Waals surface area contributed by atoms with Crippen molar-refractivity contribution >= 4 is 5.91 Å². The van der Waals surface area contributed by atoms with Crippen LogP contribution < -0.4 is 11.1 Å². The van der Waals surface area contributed by atoms with Gasteiger partial charge in [0.2, 0.25) is 5.91 Å². The first-order valence-electron chi connectivity index (χ1n) is 5.55. The van der Waals surface area contributed by atoms with Gasteiger partial charge >= 0.3 is 0 Å². The van der Waals surface area contributed by atoms with Crippen molar-refractivity contribution < 1.29 is 13.6 Å². The summed E-state index contributed by atoms with van der Waals surface area (Å²) in [6.07, 6.45) is 1.08. The molecule has 5 heteroatoms. The normalized spacial score (nSPS) is 24.6. The predicted octanol–water partition coefficient (Wildman–Crippen LogP) is 1.29. The maximum Gasteiger partial charge on any atom is 0.234 e. The molecule has 1 aliphatic rings. The molecule has 1 heterocycles. The van der Waals surface area contributed by atoms with Crippen LogP contribution in [0.4, 0.5) is 8.78 Å². The lowest BCUT2D eigenvalue weighted by Crippen LogP contribution is -2.46. The van der Waals surface area contributed by atoms with E-state index in [2.05, 4.69) is 5.32 Å². The van der Waals surface area contributed by atoms with Gasteiger partial charge in [-0.1, -0.05) is 0 Å². The first kappa shape index (κ1) is 12.0. The molecule has 2 unspecified atom stereocenters. The number of hydrogen-bond acceptors (Lipinski definition) is 2. The molecule has 1 fully saturated rings. The molecule has 3 N–H and O–H groups in total. The maximum absolute atomic E-state index is 13.6. The number of primary amides is 1. The molecule has 17 heavy (non-hydrogen) atoms. The highest BCUT2D eigenvalue weighted by atomic mass is 19.1. The standard InChI is InChI=1S/C12H14F2N2O/c13-8-1-2-10(14)9(6-8)7-3-4-16-11(5-7)12(15)17/h1-2,6-7,11,16H,3-5H2,(H2,15,17). The third-order valence-electron chi connectivity index (χ3n) is 3.15. The molecule has 0 aliphatic carbocycles. The number of piperidine rings is 1. The summed E-state index contributed by atoms with van der Waals surface area (Å²) in [5.74, 6) is -1.51. The first-order chi connectivity index (χ1) is 8.08. The molecule has 1 saturated heterocycles. The van der Waals surface area contributed by atoms with E-state index >= 15 is 0 Å². The van der Waals surface area contributed by atoms with E-state index < -0.39 is 23.6 Å². The monoisotopic (exact) mass is 240 g/mol. The highest BCUT2D eigenvalue weighted by Gasteiger charge is 2.27. The number of nitrogens with one attached hydrogen (secondary N) is 1. The molecule has 0 radical (unpaired) electrons. The Balaban J connectivity index is 2.21. The van der Waals surface area contributed by atoms with Crippen LogP contribution in [0.2, 0.25) is 0 Å². The highest BCUT2D eigenvalue weighted by molar-refractivity contribution is 5.80. The number of rotatable bonds is 2. The van der Waals surface area contributed by atoms with E-state index in [0.717, 1.165) is 12.1 Å². The molecular formula is C12H14F2N2O. The summed E-state index contributed by atoms with van der Waals surface area (Å²) in [4.78, 5) is 11.1. The Morgan fingerprint density at radius 1 is 1.41 bits per heavy atom. The van der Waals surface area contributed by atoms with E-state index in [4.69, 9.17) is 5.73 Å². The fourth-order valence-corrected chi connectivity index (χ4v) is 2.24. The minimum atomic E-state index is -0.462. The molecule has 0 saturated carbocycles. The van der Waals surface area contributed by atoms with Crippen molar-refractivity contribution in [2.45, 2.75) is 24.8 Å². The van der Waals surface area contributed by atoms with Crippen LogP contribution in [0, 0.1) is 11.6 Å². The van der Waals surface area contributed by atoms with Crippen molar-refractivity contribution in [3.05, 3.63) is 35.4 Å².